The first-order chi connectivity index (χ1) is 13.9. The van der Waals surface area contributed by atoms with Crippen LogP contribution < -0.4 is 10.6 Å². The van der Waals surface area contributed by atoms with Crippen LogP contribution in [0.1, 0.15) is 12.7 Å². The highest BCUT2D eigenvalue weighted by Crippen LogP contribution is 2.26. The minimum absolute atomic E-state index is 0.155. The molecular weight excluding hydrogens is 412 g/mol. The fraction of sp³-hybridized carbons (Fsp3) is 0.278. The van der Waals surface area contributed by atoms with E-state index in [1.165, 1.54) is 23.5 Å². The summed E-state index contributed by atoms with van der Waals surface area (Å²) >= 11 is 2.73. The Morgan fingerprint density at radius 3 is 2.62 bits per heavy atom. The van der Waals surface area contributed by atoms with Gasteiger partial charge < -0.3 is 19.7 Å². The van der Waals surface area contributed by atoms with E-state index in [0.717, 1.165) is 10.1 Å². The van der Waals surface area contributed by atoms with Gasteiger partial charge in [0.25, 0.3) is 0 Å². The zero-order valence-corrected chi connectivity index (χ0v) is 17.7. The second-order valence-electron chi connectivity index (χ2n) is 6.16. The van der Waals surface area contributed by atoms with E-state index in [-0.39, 0.29) is 17.6 Å². The topological polar surface area (TPSA) is 115 Å². The lowest BCUT2D eigenvalue weighted by Crippen LogP contribution is -2.25. The molecule has 0 aliphatic heterocycles. The predicted molar refractivity (Wildman–Crippen MR) is 112 cm³/mol. The Labute approximate surface area is 176 Å². The highest BCUT2D eigenvalue weighted by Gasteiger charge is 2.17. The summed E-state index contributed by atoms with van der Waals surface area (Å²) in [5.74, 6) is 0.716. The number of carbonyl (C=O) groups is 2. The smallest absolute Gasteiger partial charge is 0.238 e. The third kappa shape index (κ3) is 6.09. The molecule has 152 valence electrons. The predicted octanol–water partition coefficient (Wildman–Crippen LogP) is 2.96. The molecule has 0 bridgehead atoms. The molecule has 3 rings (SSSR count). The van der Waals surface area contributed by atoms with Crippen molar-refractivity contribution in [1.29, 1.82) is 0 Å². The van der Waals surface area contributed by atoms with Crippen molar-refractivity contribution in [1.82, 2.24) is 19.9 Å². The molecule has 0 aliphatic rings. The summed E-state index contributed by atoms with van der Waals surface area (Å²) in [7, 11) is 1.88. The maximum Gasteiger partial charge on any atom is 0.238 e. The molecule has 29 heavy (non-hydrogen) atoms. The van der Waals surface area contributed by atoms with Gasteiger partial charge in [-0.25, -0.2) is 0 Å². The number of hydrogen-bond donors (Lipinski definition) is 2. The Kier molecular flexibility index (Phi) is 6.94. The molecule has 2 aromatic heterocycles. The molecule has 0 saturated carbocycles. The third-order valence-electron chi connectivity index (χ3n) is 3.73. The SMILES string of the molecule is Cc1cc(NC(=O)C(C)SCC(=O)Nc2ccc(Sc3nncn3C)cc2)no1. The van der Waals surface area contributed by atoms with Crippen LogP contribution in [-0.2, 0) is 16.6 Å². The first kappa shape index (κ1) is 20.9. The first-order valence-corrected chi connectivity index (χ1v) is 10.5. The van der Waals surface area contributed by atoms with Crippen LogP contribution in [0.4, 0.5) is 11.5 Å². The van der Waals surface area contributed by atoms with Crippen molar-refractivity contribution in [2.24, 2.45) is 7.05 Å². The van der Waals surface area contributed by atoms with Crippen LogP contribution in [0, 0.1) is 6.92 Å². The number of hydrogen-bond acceptors (Lipinski definition) is 8. The number of anilines is 2. The minimum atomic E-state index is -0.414. The van der Waals surface area contributed by atoms with E-state index < -0.39 is 5.25 Å². The van der Waals surface area contributed by atoms with E-state index in [0.29, 0.717) is 17.3 Å². The highest BCUT2D eigenvalue weighted by atomic mass is 32.2. The Morgan fingerprint density at radius 1 is 1.24 bits per heavy atom. The van der Waals surface area contributed by atoms with E-state index in [2.05, 4.69) is 26.0 Å². The molecule has 0 spiro atoms. The van der Waals surface area contributed by atoms with Crippen molar-refractivity contribution in [3.63, 3.8) is 0 Å². The van der Waals surface area contributed by atoms with E-state index in [9.17, 15) is 9.59 Å². The second kappa shape index (κ2) is 9.61. The number of nitrogens with one attached hydrogen (secondary N) is 2. The van der Waals surface area contributed by atoms with E-state index >= 15 is 0 Å². The van der Waals surface area contributed by atoms with Gasteiger partial charge in [-0.2, -0.15) is 0 Å². The van der Waals surface area contributed by atoms with Gasteiger partial charge in [0.2, 0.25) is 11.8 Å². The summed E-state index contributed by atoms with van der Waals surface area (Å²) in [6.07, 6.45) is 1.64. The molecule has 0 fully saturated rings. The Morgan fingerprint density at radius 2 is 2.00 bits per heavy atom. The number of aryl methyl sites for hydroxylation is 2. The van der Waals surface area contributed by atoms with Gasteiger partial charge in [0.05, 0.1) is 11.0 Å². The summed E-state index contributed by atoms with van der Waals surface area (Å²) in [5, 5.41) is 17.4. The normalized spacial score (nSPS) is 11.8. The summed E-state index contributed by atoms with van der Waals surface area (Å²) in [6, 6.07) is 9.08. The van der Waals surface area contributed by atoms with E-state index in [4.69, 9.17) is 4.52 Å². The summed E-state index contributed by atoms with van der Waals surface area (Å²) in [4.78, 5) is 25.3. The van der Waals surface area contributed by atoms with Gasteiger partial charge in [-0.15, -0.1) is 22.0 Å². The van der Waals surface area contributed by atoms with E-state index in [1.54, 1.807) is 26.2 Å². The Balaban J connectivity index is 1.44. The fourth-order valence-corrected chi connectivity index (χ4v) is 3.65. The zero-order chi connectivity index (χ0) is 20.8. The monoisotopic (exact) mass is 432 g/mol. The number of amides is 2. The first-order valence-electron chi connectivity index (χ1n) is 8.68. The Hall–Kier alpha value is -2.79. The molecule has 0 saturated heterocycles. The summed E-state index contributed by atoms with van der Waals surface area (Å²) in [5.41, 5.74) is 0.688. The molecule has 0 aliphatic carbocycles. The van der Waals surface area contributed by atoms with Crippen LogP contribution in [0.5, 0.6) is 0 Å². The third-order valence-corrected chi connectivity index (χ3v) is 5.93. The van der Waals surface area contributed by atoms with Gasteiger partial charge in [0.1, 0.15) is 12.1 Å². The van der Waals surface area contributed by atoms with Crippen molar-refractivity contribution in [2.75, 3.05) is 16.4 Å². The lowest BCUT2D eigenvalue weighted by molar-refractivity contribution is -0.115. The van der Waals surface area contributed by atoms with Gasteiger partial charge >= 0.3 is 0 Å². The molecule has 0 radical (unpaired) electrons. The average Bonchev–Trinajstić information content (AvgIpc) is 3.29. The molecular formula is C18H20N6O3S2. The molecule has 3 aromatic rings. The number of nitrogens with zero attached hydrogens (tertiary/aromatic N) is 4. The zero-order valence-electron chi connectivity index (χ0n) is 16.1. The van der Waals surface area contributed by atoms with Gasteiger partial charge in [0, 0.05) is 23.7 Å². The van der Waals surface area contributed by atoms with Crippen molar-refractivity contribution < 1.29 is 14.1 Å². The molecule has 2 heterocycles. The molecule has 1 unspecified atom stereocenters. The lowest BCUT2D eigenvalue weighted by Gasteiger charge is -2.11. The van der Waals surface area contributed by atoms with Crippen molar-refractivity contribution >= 4 is 46.8 Å². The van der Waals surface area contributed by atoms with Crippen LogP contribution in [0.15, 0.2) is 51.2 Å². The van der Waals surface area contributed by atoms with Crippen LogP contribution in [0.2, 0.25) is 0 Å². The van der Waals surface area contributed by atoms with Crippen molar-refractivity contribution in [3.8, 4) is 0 Å². The van der Waals surface area contributed by atoms with Crippen LogP contribution in [0.3, 0.4) is 0 Å². The molecule has 2 N–H and O–H groups in total. The standard InChI is InChI=1S/C18H20N6O3S2/c1-11-8-15(23-27-11)21-17(26)12(2)28-9-16(25)20-13-4-6-14(7-5-13)29-18-22-19-10-24(18)3/h4-8,10,12H,9H2,1-3H3,(H,20,25)(H,21,23,26). The van der Waals surface area contributed by atoms with E-state index in [1.807, 2.05) is 35.9 Å². The lowest BCUT2D eigenvalue weighted by atomic mass is 10.3. The summed E-state index contributed by atoms with van der Waals surface area (Å²) < 4.78 is 6.74. The quantitative estimate of drug-likeness (QED) is 0.558. The molecule has 1 atom stereocenters. The van der Waals surface area contributed by atoms with Crippen LogP contribution >= 0.6 is 23.5 Å². The maximum absolute atomic E-state index is 12.2. The number of thioether (sulfide) groups is 1. The Bertz CT molecular complexity index is 986. The van der Waals surface area contributed by atoms with Crippen LogP contribution in [-0.4, -0.2) is 42.7 Å². The number of aromatic nitrogens is 4. The van der Waals surface area contributed by atoms with Gasteiger partial charge in [-0.05, 0) is 49.9 Å². The molecule has 1 aromatic carbocycles. The van der Waals surface area contributed by atoms with Crippen molar-refractivity contribution in [2.45, 2.75) is 29.1 Å². The van der Waals surface area contributed by atoms with Gasteiger partial charge in [-0.3, -0.25) is 9.59 Å². The second-order valence-corrected chi connectivity index (χ2v) is 8.53. The highest BCUT2D eigenvalue weighted by molar-refractivity contribution is 8.01. The molecule has 2 amide bonds. The number of carbonyl (C=O) groups excluding carboxylic acids is 2. The fourth-order valence-electron chi connectivity index (χ4n) is 2.20. The largest absolute Gasteiger partial charge is 0.360 e. The number of benzene rings is 1. The average molecular weight is 433 g/mol. The van der Waals surface area contributed by atoms with Crippen molar-refractivity contribution in [3.05, 3.63) is 42.4 Å². The summed E-state index contributed by atoms with van der Waals surface area (Å²) in [6.45, 7) is 3.48. The van der Waals surface area contributed by atoms with Crippen LogP contribution in [0.25, 0.3) is 0 Å². The maximum atomic E-state index is 12.2. The molecule has 11 heteroatoms. The number of rotatable bonds is 8. The minimum Gasteiger partial charge on any atom is -0.360 e. The van der Waals surface area contributed by atoms with Gasteiger partial charge in [-0.1, -0.05) is 5.16 Å². The van der Waals surface area contributed by atoms with Gasteiger partial charge in [0.15, 0.2) is 11.0 Å². The molecule has 9 nitrogen and oxygen atoms in total.